The third-order valence-corrected chi connectivity index (χ3v) is 3.51. The van der Waals surface area contributed by atoms with Gasteiger partial charge < -0.3 is 9.84 Å². The van der Waals surface area contributed by atoms with Gasteiger partial charge in [-0.3, -0.25) is 4.79 Å². The predicted molar refractivity (Wildman–Crippen MR) is 87.1 cm³/mol. The molecule has 0 radical (unpaired) electrons. The van der Waals surface area contributed by atoms with Crippen LogP contribution in [0.5, 0.6) is 0 Å². The van der Waals surface area contributed by atoms with Crippen LogP contribution in [0.25, 0.3) is 11.4 Å². The van der Waals surface area contributed by atoms with Crippen molar-refractivity contribution in [2.24, 2.45) is 0 Å². The summed E-state index contributed by atoms with van der Waals surface area (Å²) in [6, 6.07) is 15.7. The molecule has 2 aromatic carbocycles. The number of halogens is 1. The van der Waals surface area contributed by atoms with E-state index in [2.05, 4.69) is 15.5 Å². The first-order valence-corrected chi connectivity index (χ1v) is 7.47. The quantitative estimate of drug-likeness (QED) is 0.789. The van der Waals surface area contributed by atoms with Crippen LogP contribution in [0.1, 0.15) is 29.2 Å². The lowest BCUT2D eigenvalue weighted by atomic mass is 10.2. The molecule has 0 fully saturated rings. The average molecular weight is 328 g/mol. The van der Waals surface area contributed by atoms with Crippen molar-refractivity contribution in [3.8, 4) is 11.4 Å². The van der Waals surface area contributed by atoms with Crippen molar-refractivity contribution in [2.75, 3.05) is 0 Å². The molecule has 3 rings (SSSR count). The Hall–Kier alpha value is -2.66. The largest absolute Gasteiger partial charge is 0.341 e. The van der Waals surface area contributed by atoms with Crippen LogP contribution in [0.2, 0.25) is 5.02 Å². The minimum Gasteiger partial charge on any atom is -0.341 e. The fraction of sp³-hybridized carbons (Fsp3) is 0.118. The van der Waals surface area contributed by atoms with Gasteiger partial charge in [-0.1, -0.05) is 47.1 Å². The van der Waals surface area contributed by atoms with Crippen molar-refractivity contribution in [3.63, 3.8) is 0 Å². The molecule has 0 saturated carbocycles. The van der Waals surface area contributed by atoms with Gasteiger partial charge in [-0.05, 0) is 31.2 Å². The summed E-state index contributed by atoms with van der Waals surface area (Å²) >= 11 is 5.96. The molecule has 0 aliphatic carbocycles. The van der Waals surface area contributed by atoms with E-state index in [0.717, 1.165) is 5.56 Å². The number of rotatable bonds is 4. The van der Waals surface area contributed by atoms with Crippen molar-refractivity contribution < 1.29 is 9.32 Å². The maximum absolute atomic E-state index is 12.1. The highest BCUT2D eigenvalue weighted by Crippen LogP contribution is 2.21. The molecule has 116 valence electrons. The average Bonchev–Trinajstić information content (AvgIpc) is 3.06. The Morgan fingerprint density at radius 3 is 2.70 bits per heavy atom. The first-order valence-electron chi connectivity index (χ1n) is 7.09. The summed E-state index contributed by atoms with van der Waals surface area (Å²) in [5.41, 5.74) is 1.34. The molecule has 23 heavy (non-hydrogen) atoms. The number of nitrogens with zero attached hydrogens (tertiary/aromatic N) is 2. The van der Waals surface area contributed by atoms with Crippen LogP contribution in [-0.2, 0) is 0 Å². The zero-order valence-electron chi connectivity index (χ0n) is 12.4. The molecule has 1 N–H and O–H groups in total. The van der Waals surface area contributed by atoms with Crippen molar-refractivity contribution >= 4 is 17.5 Å². The molecular formula is C17H14ClN3O2. The Kier molecular flexibility index (Phi) is 4.39. The molecule has 0 spiro atoms. The van der Waals surface area contributed by atoms with Gasteiger partial charge in [0, 0.05) is 16.1 Å². The Bertz CT molecular complexity index is 817. The molecule has 0 saturated heterocycles. The van der Waals surface area contributed by atoms with E-state index in [4.69, 9.17) is 16.1 Å². The van der Waals surface area contributed by atoms with Crippen LogP contribution < -0.4 is 5.32 Å². The maximum Gasteiger partial charge on any atom is 0.251 e. The number of hydrogen-bond acceptors (Lipinski definition) is 4. The third-order valence-electron chi connectivity index (χ3n) is 3.28. The van der Waals surface area contributed by atoms with E-state index in [0.29, 0.717) is 22.3 Å². The highest BCUT2D eigenvalue weighted by Gasteiger charge is 2.18. The SMILES string of the molecule is C[C@H](NC(=O)c1ccccc1)c1nc(-c2cccc(Cl)c2)no1. The van der Waals surface area contributed by atoms with Gasteiger partial charge in [0.2, 0.25) is 11.7 Å². The monoisotopic (exact) mass is 327 g/mol. The van der Waals surface area contributed by atoms with Gasteiger partial charge in [0.1, 0.15) is 6.04 Å². The smallest absolute Gasteiger partial charge is 0.251 e. The van der Waals surface area contributed by atoms with Crippen molar-refractivity contribution in [1.82, 2.24) is 15.5 Å². The number of amides is 1. The van der Waals surface area contributed by atoms with Crippen molar-refractivity contribution in [2.45, 2.75) is 13.0 Å². The summed E-state index contributed by atoms with van der Waals surface area (Å²) in [7, 11) is 0. The Labute approximate surface area is 138 Å². The summed E-state index contributed by atoms with van der Waals surface area (Å²) in [5, 5.41) is 7.36. The summed E-state index contributed by atoms with van der Waals surface area (Å²) in [4.78, 5) is 16.4. The summed E-state index contributed by atoms with van der Waals surface area (Å²) < 4.78 is 5.24. The molecule has 1 amide bonds. The minimum atomic E-state index is -0.400. The van der Waals surface area contributed by atoms with Crippen LogP contribution >= 0.6 is 11.6 Å². The lowest BCUT2D eigenvalue weighted by Crippen LogP contribution is -2.26. The van der Waals surface area contributed by atoms with Crippen LogP contribution in [0.4, 0.5) is 0 Å². The first-order chi connectivity index (χ1) is 11.1. The molecule has 0 bridgehead atoms. The Morgan fingerprint density at radius 2 is 1.96 bits per heavy atom. The standard InChI is InChI=1S/C17H14ClN3O2/c1-11(19-16(22)12-6-3-2-4-7-12)17-20-15(21-23-17)13-8-5-9-14(18)10-13/h2-11H,1H3,(H,19,22)/t11-/m0/s1. The fourth-order valence-electron chi connectivity index (χ4n) is 2.09. The summed E-state index contributed by atoms with van der Waals surface area (Å²) in [6.07, 6.45) is 0. The summed E-state index contributed by atoms with van der Waals surface area (Å²) in [6.45, 7) is 1.79. The van der Waals surface area contributed by atoms with E-state index in [1.807, 2.05) is 30.3 Å². The topological polar surface area (TPSA) is 68.0 Å². The molecule has 1 atom stereocenters. The van der Waals surface area contributed by atoms with Gasteiger partial charge in [-0.2, -0.15) is 4.98 Å². The molecule has 1 heterocycles. The predicted octanol–water partition coefficient (Wildman–Crippen LogP) is 3.88. The van der Waals surface area contributed by atoms with E-state index in [9.17, 15) is 4.79 Å². The third kappa shape index (κ3) is 3.57. The van der Waals surface area contributed by atoms with Crippen LogP contribution in [0.15, 0.2) is 59.1 Å². The molecule has 6 heteroatoms. The van der Waals surface area contributed by atoms with E-state index in [-0.39, 0.29) is 5.91 Å². The zero-order chi connectivity index (χ0) is 16.2. The van der Waals surface area contributed by atoms with Gasteiger partial charge in [0.25, 0.3) is 5.91 Å². The minimum absolute atomic E-state index is 0.194. The normalized spacial score (nSPS) is 11.9. The number of carbonyl (C=O) groups excluding carboxylic acids is 1. The highest BCUT2D eigenvalue weighted by molar-refractivity contribution is 6.30. The molecule has 1 aromatic heterocycles. The van der Waals surface area contributed by atoms with Crippen LogP contribution in [-0.4, -0.2) is 16.0 Å². The lowest BCUT2D eigenvalue weighted by Gasteiger charge is -2.09. The van der Waals surface area contributed by atoms with Crippen molar-refractivity contribution in [3.05, 3.63) is 71.1 Å². The Morgan fingerprint density at radius 1 is 1.17 bits per heavy atom. The molecule has 0 aliphatic heterocycles. The van der Waals surface area contributed by atoms with Gasteiger partial charge in [-0.15, -0.1) is 0 Å². The number of carbonyl (C=O) groups is 1. The maximum atomic E-state index is 12.1. The fourth-order valence-corrected chi connectivity index (χ4v) is 2.28. The lowest BCUT2D eigenvalue weighted by molar-refractivity contribution is 0.0932. The van der Waals surface area contributed by atoms with E-state index in [1.165, 1.54) is 0 Å². The summed E-state index contributed by atoms with van der Waals surface area (Å²) in [5.74, 6) is 0.577. The number of hydrogen-bond donors (Lipinski definition) is 1. The number of aromatic nitrogens is 2. The van der Waals surface area contributed by atoms with Crippen LogP contribution in [0.3, 0.4) is 0 Å². The second-order valence-electron chi connectivity index (χ2n) is 5.03. The Balaban J connectivity index is 1.74. The molecule has 0 unspecified atom stereocenters. The molecule has 3 aromatic rings. The van der Waals surface area contributed by atoms with E-state index in [1.54, 1.807) is 31.2 Å². The second-order valence-corrected chi connectivity index (χ2v) is 5.46. The molecule has 0 aliphatic rings. The van der Waals surface area contributed by atoms with Crippen LogP contribution in [0, 0.1) is 0 Å². The number of benzene rings is 2. The van der Waals surface area contributed by atoms with Gasteiger partial charge in [0.05, 0.1) is 0 Å². The highest BCUT2D eigenvalue weighted by atomic mass is 35.5. The van der Waals surface area contributed by atoms with Gasteiger partial charge in [-0.25, -0.2) is 0 Å². The first kappa shape index (κ1) is 15.2. The van der Waals surface area contributed by atoms with Crippen molar-refractivity contribution in [1.29, 1.82) is 0 Å². The molecule has 5 nitrogen and oxygen atoms in total. The van der Waals surface area contributed by atoms with E-state index < -0.39 is 6.04 Å². The van der Waals surface area contributed by atoms with Gasteiger partial charge in [0.15, 0.2) is 0 Å². The van der Waals surface area contributed by atoms with E-state index >= 15 is 0 Å². The number of nitrogens with one attached hydrogen (secondary N) is 1. The second kappa shape index (κ2) is 6.62. The zero-order valence-corrected chi connectivity index (χ0v) is 13.1. The molecular weight excluding hydrogens is 314 g/mol. The van der Waals surface area contributed by atoms with Gasteiger partial charge >= 0.3 is 0 Å².